The average Bonchev–Trinajstić information content (AvgIpc) is 2.38. The largest absolute Gasteiger partial charge is 0.365 e. The Morgan fingerprint density at radius 1 is 1.35 bits per heavy atom. The highest BCUT2D eigenvalue weighted by atomic mass is 32.2. The zero-order valence-electron chi connectivity index (χ0n) is 10.8. The number of amidine groups is 1. The van der Waals surface area contributed by atoms with Gasteiger partial charge in [-0.1, -0.05) is 31.0 Å². The van der Waals surface area contributed by atoms with Gasteiger partial charge in [0.2, 0.25) is 0 Å². The van der Waals surface area contributed by atoms with Crippen LogP contribution in [0, 0.1) is 5.41 Å². The van der Waals surface area contributed by atoms with Gasteiger partial charge in [0.25, 0.3) is 0 Å². The summed E-state index contributed by atoms with van der Waals surface area (Å²) in [5, 5.41) is 4.67. The summed E-state index contributed by atoms with van der Waals surface area (Å²) in [5.41, 5.74) is 0.563. The molecule has 0 saturated heterocycles. The minimum atomic E-state index is 0.563. The Bertz CT molecular complexity index is 260. The van der Waals surface area contributed by atoms with Crippen molar-refractivity contribution in [3.63, 3.8) is 0 Å². The molecule has 4 heteroatoms. The fourth-order valence-electron chi connectivity index (χ4n) is 2.68. The zero-order chi connectivity index (χ0) is 12.0. The van der Waals surface area contributed by atoms with Crippen molar-refractivity contribution in [2.75, 3.05) is 30.9 Å². The Labute approximate surface area is 114 Å². The zero-order valence-corrected chi connectivity index (χ0v) is 12.5. The normalized spacial score (nSPS) is 23.5. The average molecular weight is 272 g/mol. The first-order valence-corrected chi connectivity index (χ1v) is 9.13. The van der Waals surface area contributed by atoms with Crippen LogP contribution in [0.1, 0.15) is 38.5 Å². The second-order valence-corrected chi connectivity index (χ2v) is 7.19. The monoisotopic (exact) mass is 272 g/mol. The van der Waals surface area contributed by atoms with E-state index in [4.69, 9.17) is 4.99 Å². The van der Waals surface area contributed by atoms with Gasteiger partial charge >= 0.3 is 0 Å². The molecule has 0 aromatic rings. The molecular weight excluding hydrogens is 248 g/mol. The van der Waals surface area contributed by atoms with Crippen LogP contribution in [0.5, 0.6) is 0 Å². The van der Waals surface area contributed by atoms with E-state index in [9.17, 15) is 0 Å². The number of hydrogen-bond acceptors (Lipinski definition) is 4. The first-order chi connectivity index (χ1) is 8.35. The quantitative estimate of drug-likeness (QED) is 0.794. The molecule has 2 rings (SSSR count). The number of rotatable bonds is 4. The van der Waals surface area contributed by atoms with Crippen molar-refractivity contribution in [3.05, 3.63) is 0 Å². The Hall–Kier alpha value is 0.170. The van der Waals surface area contributed by atoms with Crippen LogP contribution in [0.4, 0.5) is 0 Å². The summed E-state index contributed by atoms with van der Waals surface area (Å²) in [5.74, 6) is 2.54. The third-order valence-corrected chi connectivity index (χ3v) is 5.79. The molecule has 0 bridgehead atoms. The molecule has 0 amide bonds. The van der Waals surface area contributed by atoms with Crippen molar-refractivity contribution in [1.29, 1.82) is 0 Å². The van der Waals surface area contributed by atoms with Gasteiger partial charge < -0.3 is 5.32 Å². The molecule has 17 heavy (non-hydrogen) atoms. The van der Waals surface area contributed by atoms with Gasteiger partial charge in [-0.3, -0.25) is 4.99 Å². The van der Waals surface area contributed by atoms with Gasteiger partial charge in [-0.2, -0.15) is 11.8 Å². The molecule has 0 aromatic carbocycles. The highest BCUT2D eigenvalue weighted by Crippen LogP contribution is 2.41. The van der Waals surface area contributed by atoms with Crippen LogP contribution in [0.2, 0.25) is 0 Å². The van der Waals surface area contributed by atoms with Crippen molar-refractivity contribution in [3.8, 4) is 0 Å². The molecule has 1 aliphatic heterocycles. The number of thioether (sulfide) groups is 2. The summed E-state index contributed by atoms with van der Waals surface area (Å²) in [6.07, 6.45) is 10.5. The van der Waals surface area contributed by atoms with E-state index in [-0.39, 0.29) is 0 Å². The second kappa shape index (κ2) is 6.93. The van der Waals surface area contributed by atoms with E-state index in [1.54, 1.807) is 0 Å². The third-order valence-electron chi connectivity index (χ3n) is 3.79. The smallest absolute Gasteiger partial charge is 0.156 e. The van der Waals surface area contributed by atoms with Crippen LogP contribution in [-0.2, 0) is 0 Å². The lowest BCUT2D eigenvalue weighted by Crippen LogP contribution is -2.37. The second-order valence-electron chi connectivity index (χ2n) is 5.24. The molecule has 1 N–H and O–H groups in total. The molecule has 1 aliphatic carbocycles. The molecule has 1 heterocycles. The minimum absolute atomic E-state index is 0.563. The maximum atomic E-state index is 4.77. The van der Waals surface area contributed by atoms with Crippen molar-refractivity contribution >= 4 is 28.7 Å². The molecule has 0 radical (unpaired) electrons. The minimum Gasteiger partial charge on any atom is -0.365 e. The molecule has 1 spiro atoms. The summed E-state index contributed by atoms with van der Waals surface area (Å²) in [6, 6.07) is 0. The Morgan fingerprint density at radius 3 is 2.82 bits per heavy atom. The fraction of sp³-hybridized carbons (Fsp3) is 0.923. The number of nitrogens with zero attached hydrogens (tertiary/aromatic N) is 1. The van der Waals surface area contributed by atoms with E-state index in [0.29, 0.717) is 5.41 Å². The first-order valence-electron chi connectivity index (χ1n) is 6.75. The standard InChI is InChI=1S/C13H24N2S2/c1-16-9-5-8-14-12-15-10-13(11-17-12)6-3-2-4-7-13/h2-11H2,1H3,(H,14,15). The molecule has 2 aliphatic rings. The van der Waals surface area contributed by atoms with Crippen LogP contribution >= 0.6 is 23.5 Å². The van der Waals surface area contributed by atoms with Crippen molar-refractivity contribution in [1.82, 2.24) is 5.32 Å². The summed E-state index contributed by atoms with van der Waals surface area (Å²) < 4.78 is 0. The number of nitrogens with one attached hydrogen (secondary N) is 1. The maximum Gasteiger partial charge on any atom is 0.156 e. The van der Waals surface area contributed by atoms with E-state index in [1.807, 2.05) is 23.5 Å². The highest BCUT2D eigenvalue weighted by Gasteiger charge is 2.34. The van der Waals surface area contributed by atoms with Crippen molar-refractivity contribution < 1.29 is 0 Å². The van der Waals surface area contributed by atoms with Crippen LogP contribution in [0.3, 0.4) is 0 Å². The van der Waals surface area contributed by atoms with Crippen LogP contribution in [0.25, 0.3) is 0 Å². The molecule has 0 aromatic heterocycles. The SMILES string of the molecule is CSCCCNC1=NCC2(CCCCC2)CS1. The Morgan fingerprint density at radius 2 is 2.18 bits per heavy atom. The van der Waals surface area contributed by atoms with Gasteiger partial charge in [-0.05, 0) is 36.7 Å². The first kappa shape index (κ1) is 13.6. The van der Waals surface area contributed by atoms with E-state index in [0.717, 1.165) is 13.1 Å². The van der Waals surface area contributed by atoms with Gasteiger partial charge in [-0.25, -0.2) is 0 Å². The summed E-state index contributed by atoms with van der Waals surface area (Å²) in [6.45, 7) is 2.16. The van der Waals surface area contributed by atoms with Crippen LogP contribution < -0.4 is 5.32 Å². The van der Waals surface area contributed by atoms with E-state index < -0.39 is 0 Å². The lowest BCUT2D eigenvalue weighted by atomic mass is 9.75. The summed E-state index contributed by atoms with van der Waals surface area (Å²) in [4.78, 5) is 4.77. The maximum absolute atomic E-state index is 4.77. The predicted octanol–water partition coefficient (Wildman–Crippen LogP) is 3.38. The van der Waals surface area contributed by atoms with Crippen molar-refractivity contribution in [2.45, 2.75) is 38.5 Å². The lowest BCUT2D eigenvalue weighted by Gasteiger charge is -2.38. The summed E-state index contributed by atoms with van der Waals surface area (Å²) in [7, 11) is 0. The fourth-order valence-corrected chi connectivity index (χ4v) is 4.29. The molecule has 98 valence electrons. The van der Waals surface area contributed by atoms with Gasteiger partial charge in [0.05, 0.1) is 0 Å². The van der Waals surface area contributed by atoms with E-state index in [1.165, 1.54) is 55.2 Å². The topological polar surface area (TPSA) is 24.4 Å². The number of aliphatic imine (C=N–C) groups is 1. The molecule has 1 saturated carbocycles. The van der Waals surface area contributed by atoms with E-state index in [2.05, 4.69) is 11.6 Å². The predicted molar refractivity (Wildman–Crippen MR) is 81.3 cm³/mol. The molecule has 1 fully saturated rings. The van der Waals surface area contributed by atoms with Gasteiger partial charge in [-0.15, -0.1) is 0 Å². The lowest BCUT2D eigenvalue weighted by molar-refractivity contribution is 0.232. The van der Waals surface area contributed by atoms with Gasteiger partial charge in [0.1, 0.15) is 0 Å². The van der Waals surface area contributed by atoms with E-state index >= 15 is 0 Å². The van der Waals surface area contributed by atoms with Crippen molar-refractivity contribution in [2.24, 2.45) is 10.4 Å². The summed E-state index contributed by atoms with van der Waals surface area (Å²) >= 11 is 3.88. The Balaban J connectivity index is 1.72. The van der Waals surface area contributed by atoms with Crippen LogP contribution in [0.15, 0.2) is 4.99 Å². The molecular formula is C13H24N2S2. The van der Waals surface area contributed by atoms with Crippen LogP contribution in [-0.4, -0.2) is 36.0 Å². The highest BCUT2D eigenvalue weighted by molar-refractivity contribution is 8.13. The molecule has 2 nitrogen and oxygen atoms in total. The third kappa shape index (κ3) is 4.09. The Kier molecular flexibility index (Phi) is 5.54. The van der Waals surface area contributed by atoms with Gasteiger partial charge in [0, 0.05) is 18.8 Å². The number of hydrogen-bond donors (Lipinski definition) is 1. The molecule has 0 atom stereocenters. The molecule has 0 unspecified atom stereocenters. The van der Waals surface area contributed by atoms with Gasteiger partial charge in [0.15, 0.2) is 5.17 Å².